The molecule has 0 spiro atoms. The second-order valence-electron chi connectivity index (χ2n) is 7.43. The van der Waals surface area contributed by atoms with Crippen LogP contribution in [0.5, 0.6) is 0 Å². The minimum atomic E-state index is -0.447. The van der Waals surface area contributed by atoms with Crippen LogP contribution in [0.3, 0.4) is 0 Å². The van der Waals surface area contributed by atoms with Gasteiger partial charge in [-0.1, -0.05) is 42.1 Å². The van der Waals surface area contributed by atoms with E-state index in [4.69, 9.17) is 4.74 Å². The molecule has 3 aromatic rings. The monoisotopic (exact) mass is 493 g/mol. The second kappa shape index (κ2) is 12.5. The van der Waals surface area contributed by atoms with Crippen molar-refractivity contribution in [1.29, 1.82) is 0 Å². The summed E-state index contributed by atoms with van der Waals surface area (Å²) >= 11 is 1.21. The van der Waals surface area contributed by atoms with Gasteiger partial charge < -0.3 is 19.9 Å². The van der Waals surface area contributed by atoms with Crippen LogP contribution in [0, 0.1) is 6.92 Å². The number of hydrogen-bond donors (Lipinski definition) is 2. The number of aromatic nitrogens is 3. The van der Waals surface area contributed by atoms with E-state index in [1.165, 1.54) is 11.8 Å². The SMILES string of the molecule is C=CCn1c(CNC(=O)c2ccccc2C)nnc1SCC(=O)Nc1cccc(C(=O)OCC)c1. The van der Waals surface area contributed by atoms with E-state index >= 15 is 0 Å². The van der Waals surface area contributed by atoms with Crippen molar-refractivity contribution in [2.45, 2.75) is 32.1 Å². The lowest BCUT2D eigenvalue weighted by Crippen LogP contribution is -2.25. The van der Waals surface area contributed by atoms with E-state index in [9.17, 15) is 14.4 Å². The molecule has 1 heterocycles. The quantitative estimate of drug-likeness (QED) is 0.238. The summed E-state index contributed by atoms with van der Waals surface area (Å²) < 4.78 is 6.79. The van der Waals surface area contributed by atoms with Gasteiger partial charge in [0.25, 0.3) is 5.91 Å². The minimum absolute atomic E-state index is 0.0779. The summed E-state index contributed by atoms with van der Waals surface area (Å²) in [6.07, 6.45) is 1.70. The van der Waals surface area contributed by atoms with E-state index in [2.05, 4.69) is 27.4 Å². The van der Waals surface area contributed by atoms with E-state index in [1.54, 1.807) is 47.9 Å². The number of esters is 1. The molecule has 3 rings (SSSR count). The highest BCUT2D eigenvalue weighted by atomic mass is 32.2. The lowest BCUT2D eigenvalue weighted by atomic mass is 10.1. The fourth-order valence-electron chi connectivity index (χ4n) is 3.22. The van der Waals surface area contributed by atoms with Gasteiger partial charge in [-0.3, -0.25) is 9.59 Å². The zero-order valence-corrected chi connectivity index (χ0v) is 20.4. The number of benzene rings is 2. The fraction of sp³-hybridized carbons (Fsp3) is 0.240. The smallest absolute Gasteiger partial charge is 0.338 e. The molecule has 0 aliphatic carbocycles. The van der Waals surface area contributed by atoms with Crippen molar-refractivity contribution >= 4 is 35.2 Å². The molecule has 1 aromatic heterocycles. The Bertz CT molecular complexity index is 1220. The van der Waals surface area contributed by atoms with Crippen molar-refractivity contribution in [2.75, 3.05) is 17.7 Å². The van der Waals surface area contributed by atoms with Gasteiger partial charge in [0.1, 0.15) is 0 Å². The van der Waals surface area contributed by atoms with Crippen molar-refractivity contribution in [1.82, 2.24) is 20.1 Å². The van der Waals surface area contributed by atoms with Gasteiger partial charge in [0, 0.05) is 17.8 Å². The zero-order valence-electron chi connectivity index (χ0n) is 19.6. The Morgan fingerprint density at radius 3 is 2.69 bits per heavy atom. The molecule has 10 heteroatoms. The number of thioether (sulfide) groups is 1. The number of rotatable bonds is 11. The van der Waals surface area contributed by atoms with Crippen LogP contribution >= 0.6 is 11.8 Å². The first-order valence-electron chi connectivity index (χ1n) is 11.0. The average Bonchev–Trinajstić information content (AvgIpc) is 3.23. The summed E-state index contributed by atoms with van der Waals surface area (Å²) in [6.45, 7) is 8.26. The van der Waals surface area contributed by atoms with Crippen molar-refractivity contribution in [3.63, 3.8) is 0 Å². The van der Waals surface area contributed by atoms with Gasteiger partial charge in [0.15, 0.2) is 11.0 Å². The zero-order chi connectivity index (χ0) is 25.2. The number of amides is 2. The number of ether oxygens (including phenoxy) is 1. The molecule has 0 atom stereocenters. The Labute approximate surface area is 208 Å². The fourth-order valence-corrected chi connectivity index (χ4v) is 3.98. The predicted molar refractivity (Wildman–Crippen MR) is 134 cm³/mol. The molecule has 0 aliphatic heterocycles. The normalized spacial score (nSPS) is 10.5. The lowest BCUT2D eigenvalue weighted by molar-refractivity contribution is -0.113. The maximum atomic E-state index is 12.5. The van der Waals surface area contributed by atoms with Crippen LogP contribution in [0.2, 0.25) is 0 Å². The summed E-state index contributed by atoms with van der Waals surface area (Å²) in [4.78, 5) is 36.9. The van der Waals surface area contributed by atoms with Crippen LogP contribution in [0.25, 0.3) is 0 Å². The largest absolute Gasteiger partial charge is 0.462 e. The Hall–Kier alpha value is -3.92. The van der Waals surface area contributed by atoms with Gasteiger partial charge in [-0.15, -0.1) is 16.8 Å². The number of hydrogen-bond acceptors (Lipinski definition) is 7. The molecule has 0 bridgehead atoms. The molecule has 182 valence electrons. The summed E-state index contributed by atoms with van der Waals surface area (Å²) in [5, 5.41) is 14.5. The van der Waals surface area contributed by atoms with Crippen molar-refractivity contribution in [3.05, 3.63) is 83.7 Å². The third-order valence-corrected chi connectivity index (χ3v) is 5.86. The number of carbonyl (C=O) groups excluding carboxylic acids is 3. The highest BCUT2D eigenvalue weighted by Gasteiger charge is 2.16. The summed E-state index contributed by atoms with van der Waals surface area (Å²) in [5.74, 6) is -0.281. The van der Waals surface area contributed by atoms with Gasteiger partial charge >= 0.3 is 5.97 Å². The summed E-state index contributed by atoms with van der Waals surface area (Å²) in [5.41, 5.74) is 2.34. The molecule has 0 radical (unpaired) electrons. The molecule has 0 saturated carbocycles. The first-order valence-corrected chi connectivity index (χ1v) is 12.0. The van der Waals surface area contributed by atoms with Crippen LogP contribution < -0.4 is 10.6 Å². The van der Waals surface area contributed by atoms with Crippen LogP contribution in [0.15, 0.2) is 66.3 Å². The highest BCUT2D eigenvalue weighted by Crippen LogP contribution is 2.19. The number of carbonyl (C=O) groups is 3. The first kappa shape index (κ1) is 25.7. The first-order chi connectivity index (χ1) is 16.9. The highest BCUT2D eigenvalue weighted by molar-refractivity contribution is 7.99. The van der Waals surface area contributed by atoms with Gasteiger partial charge in [-0.05, 0) is 43.7 Å². The maximum absolute atomic E-state index is 12.5. The number of aryl methyl sites for hydroxylation is 1. The molecule has 0 unspecified atom stereocenters. The summed E-state index contributed by atoms with van der Waals surface area (Å²) in [7, 11) is 0. The molecule has 2 N–H and O–H groups in total. The van der Waals surface area contributed by atoms with Crippen LogP contribution in [0.4, 0.5) is 5.69 Å². The lowest BCUT2D eigenvalue weighted by Gasteiger charge is -2.10. The molecular weight excluding hydrogens is 466 g/mol. The van der Waals surface area contributed by atoms with E-state index in [0.29, 0.717) is 34.3 Å². The third-order valence-electron chi connectivity index (χ3n) is 4.89. The molecule has 0 aliphatic rings. The molecular formula is C25H27N5O4S. The Morgan fingerprint density at radius 2 is 1.94 bits per heavy atom. The Balaban J connectivity index is 1.60. The van der Waals surface area contributed by atoms with Gasteiger partial charge in [0.05, 0.1) is 24.5 Å². The van der Waals surface area contributed by atoms with Crippen LogP contribution in [-0.4, -0.2) is 44.9 Å². The van der Waals surface area contributed by atoms with Crippen molar-refractivity contribution in [3.8, 4) is 0 Å². The van der Waals surface area contributed by atoms with Crippen LogP contribution in [-0.2, 0) is 22.6 Å². The van der Waals surface area contributed by atoms with E-state index < -0.39 is 5.97 Å². The van der Waals surface area contributed by atoms with Gasteiger partial charge in [-0.2, -0.15) is 0 Å². The molecule has 35 heavy (non-hydrogen) atoms. The molecule has 2 aromatic carbocycles. The number of nitrogens with zero attached hydrogens (tertiary/aromatic N) is 3. The Morgan fingerprint density at radius 1 is 1.14 bits per heavy atom. The van der Waals surface area contributed by atoms with Gasteiger partial charge in [-0.25, -0.2) is 4.79 Å². The topological polar surface area (TPSA) is 115 Å². The number of nitrogens with one attached hydrogen (secondary N) is 2. The van der Waals surface area contributed by atoms with E-state index in [-0.39, 0.29) is 30.7 Å². The number of allylic oxidation sites excluding steroid dienone is 1. The van der Waals surface area contributed by atoms with E-state index in [1.807, 2.05) is 25.1 Å². The molecule has 0 fully saturated rings. The molecule has 9 nitrogen and oxygen atoms in total. The third kappa shape index (κ3) is 7.03. The van der Waals surface area contributed by atoms with E-state index in [0.717, 1.165) is 5.56 Å². The van der Waals surface area contributed by atoms with Gasteiger partial charge in [0.2, 0.25) is 5.91 Å². The summed E-state index contributed by atoms with van der Waals surface area (Å²) in [6, 6.07) is 13.9. The van der Waals surface area contributed by atoms with Crippen molar-refractivity contribution < 1.29 is 19.1 Å². The predicted octanol–water partition coefficient (Wildman–Crippen LogP) is 3.61. The second-order valence-corrected chi connectivity index (χ2v) is 8.38. The minimum Gasteiger partial charge on any atom is -0.462 e. The molecule has 2 amide bonds. The number of anilines is 1. The molecule has 0 saturated heterocycles. The van der Waals surface area contributed by atoms with Crippen molar-refractivity contribution in [2.24, 2.45) is 0 Å². The maximum Gasteiger partial charge on any atom is 0.338 e. The Kier molecular flexibility index (Phi) is 9.19. The average molecular weight is 494 g/mol. The standard InChI is InChI=1S/C25H27N5O4S/c1-4-13-30-21(15-26-23(32)20-12-7-6-9-17(20)3)28-29-25(30)35-16-22(31)27-19-11-8-10-18(14-19)24(33)34-5-2/h4,6-12,14H,1,5,13,15-16H2,2-3H3,(H,26,32)(H,27,31). The van der Waals surface area contributed by atoms with Crippen LogP contribution in [0.1, 0.15) is 39.0 Å².